The number of imidazole rings is 2. The molecule has 2 aromatic heterocycles. The molecule has 0 radical (unpaired) electrons. The highest BCUT2D eigenvalue weighted by atomic mass is 16.6. The molecule has 0 unspecified atom stereocenters. The third kappa shape index (κ3) is 5.64. The number of carbonyl (C=O) groups is 2. The topological polar surface area (TPSA) is 112 Å². The number of hydrogen-bond donors (Lipinski definition) is 2. The van der Waals surface area contributed by atoms with Crippen molar-refractivity contribution < 1.29 is 19.1 Å². The molecule has 10 nitrogen and oxygen atoms in total. The van der Waals surface area contributed by atoms with E-state index in [9.17, 15) is 9.59 Å². The summed E-state index contributed by atoms with van der Waals surface area (Å²) in [4.78, 5) is 32.8. The number of nitrogens with one attached hydrogen (secondary N) is 2. The van der Waals surface area contributed by atoms with Gasteiger partial charge in [0.2, 0.25) is 0 Å². The number of amides is 2. The Hall–Kier alpha value is -3.82. The number of benzene rings is 1. The maximum atomic E-state index is 12.2. The lowest BCUT2D eigenvalue weighted by Gasteiger charge is -2.12. The number of hydrogen-bond acceptors (Lipinski definition) is 6. The van der Waals surface area contributed by atoms with E-state index in [1.807, 2.05) is 33.7 Å². The normalized spacial score (nSPS) is 18.1. The van der Waals surface area contributed by atoms with Crippen LogP contribution in [0.5, 0.6) is 0 Å². The van der Waals surface area contributed by atoms with Gasteiger partial charge in [0, 0.05) is 63.8 Å². The summed E-state index contributed by atoms with van der Waals surface area (Å²) in [5.41, 5.74) is 2.33. The van der Waals surface area contributed by atoms with E-state index in [1.165, 1.54) is 5.56 Å². The van der Waals surface area contributed by atoms with Gasteiger partial charge in [-0.15, -0.1) is 0 Å². The molecule has 0 aliphatic carbocycles. The third-order valence-corrected chi connectivity index (χ3v) is 6.42. The van der Waals surface area contributed by atoms with E-state index in [0.717, 1.165) is 56.0 Å². The number of carbonyl (C=O) groups excluding carboxylic acids is 2. The van der Waals surface area contributed by atoms with Gasteiger partial charge in [0.15, 0.2) is 12.2 Å². The van der Waals surface area contributed by atoms with E-state index in [4.69, 9.17) is 9.47 Å². The Morgan fingerprint density at radius 1 is 0.857 bits per heavy atom. The summed E-state index contributed by atoms with van der Waals surface area (Å²) in [7, 11) is 0. The van der Waals surface area contributed by atoms with Gasteiger partial charge in [0.25, 0.3) is 0 Å². The number of nitrogens with zero attached hydrogens (tertiary/aromatic N) is 4. The zero-order chi connectivity index (χ0) is 24.0. The predicted molar refractivity (Wildman–Crippen MR) is 127 cm³/mol. The van der Waals surface area contributed by atoms with E-state index in [1.54, 1.807) is 12.4 Å². The Kier molecular flexibility index (Phi) is 6.97. The van der Waals surface area contributed by atoms with E-state index >= 15 is 0 Å². The van der Waals surface area contributed by atoms with E-state index in [0.29, 0.717) is 19.5 Å². The molecule has 10 heteroatoms. The second kappa shape index (κ2) is 10.6. The summed E-state index contributed by atoms with van der Waals surface area (Å²) in [6.07, 6.45) is 9.78. The molecule has 5 rings (SSSR count). The highest BCUT2D eigenvalue weighted by Gasteiger charge is 2.27. The van der Waals surface area contributed by atoms with Gasteiger partial charge in [-0.1, -0.05) is 24.3 Å². The standard InChI is InChI=1S/C25H30N6O4/c32-24(34-20-7-13-30-15-11-26-22(20)30)28-9-2-5-18-3-1-4-19(17-18)6-10-29-25(33)35-21-8-14-31-16-12-27-23(21)31/h1,3-4,11-12,15-17,20-21H,2,5-10,13-14H2,(H,28,32)(H,29,33)/t20-,21-/m1/s1. The molecule has 0 fully saturated rings. The highest BCUT2D eigenvalue weighted by Crippen LogP contribution is 2.28. The van der Waals surface area contributed by atoms with Gasteiger partial charge < -0.3 is 29.2 Å². The Bertz CT molecular complexity index is 1170. The Balaban J connectivity index is 0.980. The Morgan fingerprint density at radius 3 is 2.06 bits per heavy atom. The van der Waals surface area contributed by atoms with Crippen LogP contribution in [-0.4, -0.2) is 44.4 Å². The van der Waals surface area contributed by atoms with Crippen molar-refractivity contribution in [2.45, 2.75) is 57.4 Å². The molecule has 2 N–H and O–H groups in total. The molecule has 2 aliphatic rings. The average Bonchev–Trinajstić information content (AvgIpc) is 3.62. The number of alkyl carbamates (subject to hydrolysis) is 2. The number of aromatic nitrogens is 4. The second-order valence-corrected chi connectivity index (χ2v) is 8.85. The molecule has 4 heterocycles. The minimum absolute atomic E-state index is 0.270. The van der Waals surface area contributed by atoms with E-state index < -0.39 is 12.2 Å². The van der Waals surface area contributed by atoms with Crippen LogP contribution in [0.2, 0.25) is 0 Å². The quantitative estimate of drug-likeness (QED) is 0.457. The van der Waals surface area contributed by atoms with Crippen LogP contribution in [0.1, 0.15) is 54.2 Å². The smallest absolute Gasteiger partial charge is 0.407 e. The number of rotatable bonds is 9. The first-order chi connectivity index (χ1) is 17.2. The van der Waals surface area contributed by atoms with Gasteiger partial charge in [-0.25, -0.2) is 19.6 Å². The van der Waals surface area contributed by atoms with Gasteiger partial charge in [0.1, 0.15) is 11.6 Å². The summed E-state index contributed by atoms with van der Waals surface area (Å²) in [5.74, 6) is 1.62. The van der Waals surface area contributed by atoms with Crippen LogP contribution in [0.4, 0.5) is 9.59 Å². The van der Waals surface area contributed by atoms with Crippen molar-refractivity contribution in [3.05, 3.63) is 71.8 Å². The lowest BCUT2D eigenvalue weighted by molar-refractivity contribution is 0.0955. The molecule has 3 aromatic rings. The summed E-state index contributed by atoms with van der Waals surface area (Å²) in [6.45, 7) is 2.68. The van der Waals surface area contributed by atoms with Crippen LogP contribution in [0.3, 0.4) is 0 Å². The molecule has 0 saturated heterocycles. The van der Waals surface area contributed by atoms with Crippen molar-refractivity contribution in [1.82, 2.24) is 29.7 Å². The first-order valence-corrected chi connectivity index (χ1v) is 12.1. The number of aryl methyl sites for hydroxylation is 3. The highest BCUT2D eigenvalue weighted by molar-refractivity contribution is 5.67. The maximum absolute atomic E-state index is 12.2. The van der Waals surface area contributed by atoms with Crippen LogP contribution >= 0.6 is 0 Å². The zero-order valence-electron chi connectivity index (χ0n) is 19.6. The first-order valence-electron chi connectivity index (χ1n) is 12.1. The van der Waals surface area contributed by atoms with Crippen LogP contribution in [0, 0.1) is 0 Å². The molecule has 0 bridgehead atoms. The molecule has 0 saturated carbocycles. The average molecular weight is 479 g/mol. The van der Waals surface area contributed by atoms with Crippen molar-refractivity contribution in [2.75, 3.05) is 13.1 Å². The van der Waals surface area contributed by atoms with Crippen molar-refractivity contribution in [3.8, 4) is 0 Å². The summed E-state index contributed by atoms with van der Waals surface area (Å²) in [6, 6.07) is 8.28. The first kappa shape index (κ1) is 22.9. The maximum Gasteiger partial charge on any atom is 0.407 e. The molecule has 2 atom stereocenters. The molecule has 2 amide bonds. The molecule has 0 spiro atoms. The third-order valence-electron chi connectivity index (χ3n) is 6.42. The number of ether oxygens (including phenoxy) is 2. The largest absolute Gasteiger partial charge is 0.438 e. The minimum atomic E-state index is -0.415. The van der Waals surface area contributed by atoms with Crippen molar-refractivity contribution >= 4 is 12.2 Å². The van der Waals surface area contributed by atoms with Crippen LogP contribution in [-0.2, 0) is 35.4 Å². The lowest BCUT2D eigenvalue weighted by atomic mass is 10.0. The van der Waals surface area contributed by atoms with Crippen LogP contribution in [0.25, 0.3) is 0 Å². The SMILES string of the molecule is O=C(NCCCc1cccc(CCNC(=O)O[C@@H]2CCn3ccnc32)c1)O[C@@H]1CCn2ccnc21. The number of fused-ring (bicyclic) bond motifs is 2. The van der Waals surface area contributed by atoms with Crippen molar-refractivity contribution in [2.24, 2.45) is 0 Å². The summed E-state index contributed by atoms with van der Waals surface area (Å²) in [5, 5.41) is 5.67. The van der Waals surface area contributed by atoms with Crippen LogP contribution in [0.15, 0.2) is 49.1 Å². The lowest BCUT2D eigenvalue weighted by Crippen LogP contribution is -2.27. The fourth-order valence-corrected chi connectivity index (χ4v) is 4.66. The predicted octanol–water partition coefficient (Wildman–Crippen LogP) is 3.30. The molecule has 35 heavy (non-hydrogen) atoms. The molecule has 2 aliphatic heterocycles. The molecule has 184 valence electrons. The van der Waals surface area contributed by atoms with E-state index in [2.05, 4.69) is 32.7 Å². The molecule has 1 aromatic carbocycles. The van der Waals surface area contributed by atoms with Crippen molar-refractivity contribution in [3.63, 3.8) is 0 Å². The fraction of sp³-hybridized carbons (Fsp3) is 0.440. The van der Waals surface area contributed by atoms with Gasteiger partial charge in [-0.05, 0) is 30.4 Å². The summed E-state index contributed by atoms with van der Waals surface area (Å²) < 4.78 is 15.0. The molecular weight excluding hydrogens is 448 g/mol. The van der Waals surface area contributed by atoms with Gasteiger partial charge in [-0.2, -0.15) is 0 Å². The minimum Gasteiger partial charge on any atom is -0.438 e. The monoisotopic (exact) mass is 478 g/mol. The second-order valence-electron chi connectivity index (χ2n) is 8.85. The fourth-order valence-electron chi connectivity index (χ4n) is 4.66. The van der Waals surface area contributed by atoms with Gasteiger partial charge in [-0.3, -0.25) is 0 Å². The zero-order valence-corrected chi connectivity index (χ0v) is 19.6. The van der Waals surface area contributed by atoms with E-state index in [-0.39, 0.29) is 12.2 Å². The molecular formula is C25H30N6O4. The Morgan fingerprint density at radius 2 is 1.43 bits per heavy atom. The van der Waals surface area contributed by atoms with Gasteiger partial charge in [0.05, 0.1) is 0 Å². The summed E-state index contributed by atoms with van der Waals surface area (Å²) >= 11 is 0. The van der Waals surface area contributed by atoms with Crippen molar-refractivity contribution in [1.29, 1.82) is 0 Å². The Labute approximate surface area is 203 Å². The van der Waals surface area contributed by atoms with Gasteiger partial charge >= 0.3 is 12.2 Å². The van der Waals surface area contributed by atoms with Crippen LogP contribution < -0.4 is 10.6 Å².